The van der Waals surface area contributed by atoms with Gasteiger partial charge in [0.1, 0.15) is 5.82 Å². The molecule has 1 aliphatic heterocycles. The molecule has 154 valence electrons. The maximum Gasteiger partial charge on any atom is 0.320 e. The second kappa shape index (κ2) is 8.24. The standard InChI is InChI=1S/C21H28N6O2/c1-13(2)22-21(29)24-18-12-17(14-8-4-3-5-9-14)26-27(18)20-23-16-11-7-6-10-15(16)19(28)25-20/h3-5,8-9,12-13,15-16,20,23H,6-7,10-11H2,1-2H3,(H,25,28)(H2,22,24,29). The van der Waals surface area contributed by atoms with Crippen LogP contribution in [-0.4, -0.2) is 33.8 Å². The van der Waals surface area contributed by atoms with Crippen LogP contribution in [0.4, 0.5) is 10.6 Å². The van der Waals surface area contributed by atoms with Crippen LogP contribution in [0.1, 0.15) is 45.8 Å². The Balaban J connectivity index is 1.64. The highest BCUT2D eigenvalue weighted by Gasteiger charge is 2.38. The molecule has 1 saturated heterocycles. The van der Waals surface area contributed by atoms with E-state index < -0.39 is 6.29 Å². The summed E-state index contributed by atoms with van der Waals surface area (Å²) in [5.74, 6) is 0.576. The molecule has 1 aliphatic carbocycles. The Labute approximate surface area is 170 Å². The van der Waals surface area contributed by atoms with Crippen molar-refractivity contribution in [3.8, 4) is 11.3 Å². The van der Waals surface area contributed by atoms with Crippen LogP contribution >= 0.6 is 0 Å². The zero-order valence-electron chi connectivity index (χ0n) is 16.8. The van der Waals surface area contributed by atoms with Crippen LogP contribution in [0.15, 0.2) is 36.4 Å². The van der Waals surface area contributed by atoms with Crippen LogP contribution in [0.5, 0.6) is 0 Å². The Kier molecular flexibility index (Phi) is 5.53. The molecule has 0 radical (unpaired) electrons. The molecule has 0 bridgehead atoms. The third-order valence-electron chi connectivity index (χ3n) is 5.46. The van der Waals surface area contributed by atoms with Crippen molar-refractivity contribution in [3.05, 3.63) is 36.4 Å². The molecule has 1 aromatic carbocycles. The Hall–Kier alpha value is -2.87. The lowest BCUT2D eigenvalue weighted by molar-refractivity contribution is -0.132. The number of nitrogens with zero attached hydrogens (tertiary/aromatic N) is 2. The molecule has 4 N–H and O–H groups in total. The van der Waals surface area contributed by atoms with Gasteiger partial charge in [0.25, 0.3) is 0 Å². The summed E-state index contributed by atoms with van der Waals surface area (Å²) in [5, 5.41) is 17.0. The smallest absolute Gasteiger partial charge is 0.320 e. The molecule has 2 aromatic rings. The first-order chi connectivity index (χ1) is 14.0. The number of carbonyl (C=O) groups is 2. The second-order valence-electron chi connectivity index (χ2n) is 8.05. The van der Waals surface area contributed by atoms with Crippen molar-refractivity contribution in [3.63, 3.8) is 0 Å². The molecule has 3 unspecified atom stereocenters. The molecule has 3 atom stereocenters. The number of hydrogen-bond donors (Lipinski definition) is 4. The number of amides is 3. The van der Waals surface area contributed by atoms with Gasteiger partial charge in [-0.05, 0) is 26.7 Å². The zero-order chi connectivity index (χ0) is 20.4. The fourth-order valence-electron chi connectivity index (χ4n) is 4.11. The van der Waals surface area contributed by atoms with Crippen LogP contribution in [0, 0.1) is 5.92 Å². The number of urea groups is 1. The van der Waals surface area contributed by atoms with E-state index in [9.17, 15) is 9.59 Å². The molecule has 8 heteroatoms. The quantitative estimate of drug-likeness (QED) is 0.638. The van der Waals surface area contributed by atoms with Crippen molar-refractivity contribution >= 4 is 17.8 Å². The minimum Gasteiger partial charge on any atom is -0.336 e. The topological polar surface area (TPSA) is 100 Å². The van der Waals surface area contributed by atoms with Gasteiger partial charge in [0.2, 0.25) is 5.91 Å². The Bertz CT molecular complexity index is 879. The van der Waals surface area contributed by atoms with E-state index in [-0.39, 0.29) is 29.9 Å². The molecular formula is C21H28N6O2. The normalized spacial score (nSPS) is 24.0. The first-order valence-electron chi connectivity index (χ1n) is 10.3. The highest BCUT2D eigenvalue weighted by Crippen LogP contribution is 2.30. The number of carbonyl (C=O) groups excluding carboxylic acids is 2. The average Bonchev–Trinajstić information content (AvgIpc) is 3.11. The van der Waals surface area contributed by atoms with Crippen molar-refractivity contribution in [2.24, 2.45) is 5.92 Å². The molecule has 1 saturated carbocycles. The summed E-state index contributed by atoms with van der Waals surface area (Å²) < 4.78 is 1.66. The highest BCUT2D eigenvalue weighted by atomic mass is 16.2. The second-order valence-corrected chi connectivity index (χ2v) is 8.05. The number of hydrogen-bond acceptors (Lipinski definition) is 4. The molecule has 2 heterocycles. The third-order valence-corrected chi connectivity index (χ3v) is 5.46. The third kappa shape index (κ3) is 4.27. The molecule has 29 heavy (non-hydrogen) atoms. The van der Waals surface area contributed by atoms with E-state index in [1.54, 1.807) is 4.68 Å². The number of nitrogens with one attached hydrogen (secondary N) is 4. The van der Waals surface area contributed by atoms with E-state index >= 15 is 0 Å². The van der Waals surface area contributed by atoms with Gasteiger partial charge in [-0.2, -0.15) is 5.10 Å². The lowest BCUT2D eigenvalue weighted by atomic mass is 9.83. The van der Waals surface area contributed by atoms with Gasteiger partial charge in [0.15, 0.2) is 6.29 Å². The summed E-state index contributed by atoms with van der Waals surface area (Å²) in [6.07, 6.45) is 3.58. The van der Waals surface area contributed by atoms with Crippen molar-refractivity contribution in [2.75, 3.05) is 5.32 Å². The first kappa shape index (κ1) is 19.4. The molecular weight excluding hydrogens is 368 g/mol. The summed E-state index contributed by atoms with van der Waals surface area (Å²) in [6.45, 7) is 3.80. The average molecular weight is 396 g/mol. The maximum atomic E-state index is 12.7. The maximum absolute atomic E-state index is 12.7. The SMILES string of the molecule is CC(C)NC(=O)Nc1cc(-c2ccccc2)nn1C1NC(=O)C2CCCCC2N1. The van der Waals surface area contributed by atoms with Crippen molar-refractivity contribution in [2.45, 2.75) is 57.9 Å². The van der Waals surface area contributed by atoms with E-state index in [4.69, 9.17) is 5.10 Å². The van der Waals surface area contributed by atoms with Crippen LogP contribution in [-0.2, 0) is 4.79 Å². The van der Waals surface area contributed by atoms with Crippen LogP contribution < -0.4 is 21.3 Å². The van der Waals surface area contributed by atoms with E-state index in [1.807, 2.05) is 50.2 Å². The van der Waals surface area contributed by atoms with Gasteiger partial charge in [0.05, 0.1) is 11.6 Å². The van der Waals surface area contributed by atoms with Gasteiger partial charge in [-0.25, -0.2) is 9.48 Å². The molecule has 3 amide bonds. The summed E-state index contributed by atoms with van der Waals surface area (Å²) in [6, 6.07) is 11.4. The monoisotopic (exact) mass is 396 g/mol. The van der Waals surface area contributed by atoms with Crippen LogP contribution in [0.2, 0.25) is 0 Å². The minimum absolute atomic E-state index is 0.00445. The van der Waals surface area contributed by atoms with Gasteiger partial charge in [-0.1, -0.05) is 43.2 Å². The van der Waals surface area contributed by atoms with Gasteiger partial charge < -0.3 is 10.6 Å². The van der Waals surface area contributed by atoms with Gasteiger partial charge in [-0.3, -0.25) is 15.4 Å². The van der Waals surface area contributed by atoms with Crippen molar-refractivity contribution < 1.29 is 9.59 Å². The van der Waals surface area contributed by atoms with Gasteiger partial charge >= 0.3 is 6.03 Å². The lowest BCUT2D eigenvalue weighted by Gasteiger charge is -2.40. The van der Waals surface area contributed by atoms with Gasteiger partial charge in [0, 0.05) is 23.7 Å². The minimum atomic E-state index is -0.506. The Morgan fingerprint density at radius 2 is 1.97 bits per heavy atom. The van der Waals surface area contributed by atoms with Gasteiger partial charge in [-0.15, -0.1) is 0 Å². The van der Waals surface area contributed by atoms with Crippen molar-refractivity contribution in [1.82, 2.24) is 25.7 Å². The Morgan fingerprint density at radius 3 is 2.72 bits per heavy atom. The largest absolute Gasteiger partial charge is 0.336 e. The van der Waals surface area contributed by atoms with Crippen LogP contribution in [0.25, 0.3) is 11.3 Å². The number of benzene rings is 1. The molecule has 4 rings (SSSR count). The number of fused-ring (bicyclic) bond motifs is 1. The van der Waals surface area contributed by atoms with E-state index in [0.717, 1.165) is 36.9 Å². The van der Waals surface area contributed by atoms with E-state index in [0.29, 0.717) is 5.82 Å². The lowest BCUT2D eigenvalue weighted by Crippen LogP contribution is -2.59. The van der Waals surface area contributed by atoms with E-state index in [2.05, 4.69) is 21.3 Å². The predicted octanol–water partition coefficient (Wildman–Crippen LogP) is 2.81. The molecule has 1 aromatic heterocycles. The molecule has 2 aliphatic rings. The number of rotatable bonds is 4. The Morgan fingerprint density at radius 1 is 1.21 bits per heavy atom. The fraction of sp³-hybridized carbons (Fsp3) is 0.476. The molecule has 8 nitrogen and oxygen atoms in total. The van der Waals surface area contributed by atoms with E-state index in [1.165, 1.54) is 0 Å². The first-order valence-corrected chi connectivity index (χ1v) is 10.3. The zero-order valence-corrected chi connectivity index (χ0v) is 16.8. The van der Waals surface area contributed by atoms with Crippen LogP contribution in [0.3, 0.4) is 0 Å². The number of anilines is 1. The summed E-state index contributed by atoms with van der Waals surface area (Å²) in [7, 11) is 0. The molecule has 2 fully saturated rings. The van der Waals surface area contributed by atoms with Crippen molar-refractivity contribution in [1.29, 1.82) is 0 Å². The highest BCUT2D eigenvalue weighted by molar-refractivity contribution is 5.89. The number of aromatic nitrogens is 2. The fourth-order valence-corrected chi connectivity index (χ4v) is 4.11. The summed E-state index contributed by atoms with van der Waals surface area (Å²) in [4.78, 5) is 25.0. The summed E-state index contributed by atoms with van der Waals surface area (Å²) >= 11 is 0. The molecule has 0 spiro atoms. The predicted molar refractivity (Wildman–Crippen MR) is 111 cm³/mol. The summed E-state index contributed by atoms with van der Waals surface area (Å²) in [5.41, 5.74) is 1.67.